The summed E-state index contributed by atoms with van der Waals surface area (Å²) in [4.78, 5) is 17.0. The molecule has 6 nitrogen and oxygen atoms in total. The molecule has 0 unspecified atom stereocenters. The van der Waals surface area contributed by atoms with Gasteiger partial charge in [-0.15, -0.1) is 0 Å². The zero-order valence-electron chi connectivity index (χ0n) is 16.0. The molecule has 28 heavy (non-hydrogen) atoms. The molecule has 7 heteroatoms. The number of amides is 1. The molecule has 2 aliphatic heterocycles. The van der Waals surface area contributed by atoms with Gasteiger partial charge in [0.15, 0.2) is 0 Å². The van der Waals surface area contributed by atoms with Crippen LogP contribution in [-0.4, -0.2) is 62.8 Å². The maximum absolute atomic E-state index is 12.8. The molecule has 1 amide bonds. The summed E-state index contributed by atoms with van der Waals surface area (Å²) in [5.41, 5.74) is 3.25. The van der Waals surface area contributed by atoms with Crippen LogP contribution in [0.5, 0.6) is 0 Å². The van der Waals surface area contributed by atoms with Gasteiger partial charge < -0.3 is 4.90 Å². The van der Waals surface area contributed by atoms with Crippen LogP contribution in [0.25, 0.3) is 0 Å². The standard InChI is InChI=1S/C21H25N3O3S/c1-17-6-8-19(9-7-17)28(26,27)23-14-12-22(13-15-23)16-21(25)24-11-10-18-4-2-3-5-20(18)24/h2-9H,10-16H2,1H3. The smallest absolute Gasteiger partial charge is 0.243 e. The summed E-state index contributed by atoms with van der Waals surface area (Å²) >= 11 is 0. The fourth-order valence-corrected chi connectivity index (χ4v) is 5.28. The molecule has 0 spiro atoms. The van der Waals surface area contributed by atoms with E-state index in [-0.39, 0.29) is 5.91 Å². The van der Waals surface area contributed by atoms with E-state index < -0.39 is 10.0 Å². The minimum absolute atomic E-state index is 0.0831. The fourth-order valence-electron chi connectivity index (χ4n) is 3.86. The van der Waals surface area contributed by atoms with Gasteiger partial charge in [0.05, 0.1) is 11.4 Å². The number of carbonyl (C=O) groups is 1. The molecule has 1 fully saturated rings. The SMILES string of the molecule is Cc1ccc(S(=O)(=O)N2CCN(CC(=O)N3CCc4ccccc43)CC2)cc1. The monoisotopic (exact) mass is 399 g/mol. The second kappa shape index (κ2) is 7.66. The molecule has 4 rings (SSSR count). The van der Waals surface area contributed by atoms with E-state index in [1.807, 2.05) is 47.1 Å². The average Bonchev–Trinajstić information content (AvgIpc) is 3.13. The summed E-state index contributed by atoms with van der Waals surface area (Å²) in [5, 5.41) is 0. The number of hydrogen-bond donors (Lipinski definition) is 0. The highest BCUT2D eigenvalue weighted by Crippen LogP contribution is 2.27. The minimum atomic E-state index is -3.48. The number of hydrogen-bond acceptors (Lipinski definition) is 4. The van der Waals surface area contributed by atoms with Crippen LogP contribution < -0.4 is 4.90 Å². The van der Waals surface area contributed by atoms with E-state index in [1.54, 1.807) is 12.1 Å². The van der Waals surface area contributed by atoms with Gasteiger partial charge in [0.2, 0.25) is 15.9 Å². The third kappa shape index (κ3) is 3.70. The third-order valence-corrected chi connectivity index (χ3v) is 7.45. The van der Waals surface area contributed by atoms with Crippen molar-refractivity contribution >= 4 is 21.6 Å². The Hall–Kier alpha value is -2.22. The van der Waals surface area contributed by atoms with Gasteiger partial charge in [0, 0.05) is 38.4 Å². The van der Waals surface area contributed by atoms with Gasteiger partial charge in [-0.25, -0.2) is 8.42 Å². The Bertz CT molecular complexity index is 965. The highest BCUT2D eigenvalue weighted by molar-refractivity contribution is 7.89. The molecule has 1 saturated heterocycles. The van der Waals surface area contributed by atoms with Crippen molar-refractivity contribution in [3.63, 3.8) is 0 Å². The van der Waals surface area contributed by atoms with E-state index in [9.17, 15) is 13.2 Å². The van der Waals surface area contributed by atoms with Gasteiger partial charge in [-0.2, -0.15) is 4.31 Å². The zero-order chi connectivity index (χ0) is 19.7. The van der Waals surface area contributed by atoms with Crippen LogP contribution in [0.4, 0.5) is 5.69 Å². The topological polar surface area (TPSA) is 60.9 Å². The number of para-hydroxylation sites is 1. The Balaban J connectivity index is 1.36. The van der Waals surface area contributed by atoms with Crippen molar-refractivity contribution in [3.8, 4) is 0 Å². The van der Waals surface area contributed by atoms with Gasteiger partial charge in [-0.3, -0.25) is 9.69 Å². The van der Waals surface area contributed by atoms with Gasteiger partial charge in [-0.1, -0.05) is 35.9 Å². The van der Waals surface area contributed by atoms with Gasteiger partial charge in [0.1, 0.15) is 0 Å². The Morgan fingerprint density at radius 1 is 0.929 bits per heavy atom. The molecular weight excluding hydrogens is 374 g/mol. The van der Waals surface area contributed by atoms with Crippen LogP contribution in [0.2, 0.25) is 0 Å². The predicted molar refractivity (Wildman–Crippen MR) is 109 cm³/mol. The third-order valence-electron chi connectivity index (χ3n) is 5.54. The summed E-state index contributed by atoms with van der Waals surface area (Å²) in [5.74, 6) is 0.0831. The second-order valence-electron chi connectivity index (χ2n) is 7.42. The Morgan fingerprint density at radius 2 is 1.61 bits per heavy atom. The lowest BCUT2D eigenvalue weighted by atomic mass is 10.2. The molecule has 0 saturated carbocycles. The Morgan fingerprint density at radius 3 is 2.32 bits per heavy atom. The summed E-state index contributed by atoms with van der Waals surface area (Å²) in [6, 6.07) is 15.0. The number of fused-ring (bicyclic) bond motifs is 1. The van der Waals surface area contributed by atoms with Crippen LogP contribution in [0.3, 0.4) is 0 Å². The van der Waals surface area contributed by atoms with Crippen molar-refractivity contribution in [2.45, 2.75) is 18.2 Å². The quantitative estimate of drug-likeness (QED) is 0.788. The zero-order valence-corrected chi connectivity index (χ0v) is 16.9. The first kappa shape index (κ1) is 19.1. The van der Waals surface area contributed by atoms with Crippen molar-refractivity contribution in [2.75, 3.05) is 44.2 Å². The van der Waals surface area contributed by atoms with Crippen LogP contribution in [0.15, 0.2) is 53.4 Å². The molecule has 2 aliphatic rings. The van der Waals surface area contributed by atoms with Crippen LogP contribution in [-0.2, 0) is 21.2 Å². The minimum Gasteiger partial charge on any atom is -0.311 e. The molecule has 0 bridgehead atoms. The molecule has 2 aromatic rings. The molecule has 148 valence electrons. The predicted octanol–water partition coefficient (Wildman–Crippen LogP) is 1.89. The fraction of sp³-hybridized carbons (Fsp3) is 0.381. The van der Waals surface area contributed by atoms with E-state index in [0.29, 0.717) is 37.6 Å². The highest BCUT2D eigenvalue weighted by Gasteiger charge is 2.31. The lowest BCUT2D eigenvalue weighted by Gasteiger charge is -2.34. The lowest BCUT2D eigenvalue weighted by molar-refractivity contribution is -0.119. The van der Waals surface area contributed by atoms with Crippen LogP contribution >= 0.6 is 0 Å². The molecule has 0 aromatic heterocycles. The molecule has 0 N–H and O–H groups in total. The molecule has 0 radical (unpaired) electrons. The summed E-state index contributed by atoms with van der Waals surface area (Å²) in [7, 11) is -3.48. The Labute approximate surface area is 166 Å². The maximum atomic E-state index is 12.8. The maximum Gasteiger partial charge on any atom is 0.243 e. The van der Waals surface area contributed by atoms with E-state index in [2.05, 4.69) is 6.07 Å². The first-order valence-corrected chi connectivity index (χ1v) is 11.1. The number of sulfonamides is 1. The molecule has 0 atom stereocenters. The number of benzene rings is 2. The normalized spacial score (nSPS) is 18.2. The van der Waals surface area contributed by atoms with E-state index >= 15 is 0 Å². The van der Waals surface area contributed by atoms with Gasteiger partial charge >= 0.3 is 0 Å². The van der Waals surface area contributed by atoms with Crippen LogP contribution in [0.1, 0.15) is 11.1 Å². The molecule has 2 heterocycles. The number of anilines is 1. The lowest BCUT2D eigenvalue weighted by Crippen LogP contribution is -2.51. The van der Waals surface area contributed by atoms with Gasteiger partial charge in [-0.05, 0) is 37.1 Å². The first-order chi connectivity index (χ1) is 13.4. The summed E-state index contributed by atoms with van der Waals surface area (Å²) in [6.07, 6.45) is 0.893. The number of rotatable bonds is 4. The largest absolute Gasteiger partial charge is 0.311 e. The average molecular weight is 400 g/mol. The summed E-state index contributed by atoms with van der Waals surface area (Å²) < 4.78 is 27.1. The van der Waals surface area contributed by atoms with E-state index in [0.717, 1.165) is 24.2 Å². The summed E-state index contributed by atoms with van der Waals surface area (Å²) in [6.45, 7) is 4.91. The highest BCUT2D eigenvalue weighted by atomic mass is 32.2. The number of carbonyl (C=O) groups excluding carboxylic acids is 1. The van der Waals surface area contributed by atoms with Crippen LogP contribution in [0, 0.1) is 6.92 Å². The van der Waals surface area contributed by atoms with Crippen molar-refractivity contribution < 1.29 is 13.2 Å². The first-order valence-electron chi connectivity index (χ1n) is 9.62. The van der Waals surface area contributed by atoms with Gasteiger partial charge in [0.25, 0.3) is 0 Å². The number of piperazine rings is 1. The molecular formula is C21H25N3O3S. The Kier molecular flexibility index (Phi) is 5.23. The van der Waals surface area contributed by atoms with Crippen molar-refractivity contribution in [3.05, 3.63) is 59.7 Å². The number of aryl methyl sites for hydroxylation is 1. The molecule has 0 aliphatic carbocycles. The van der Waals surface area contributed by atoms with E-state index in [4.69, 9.17) is 0 Å². The van der Waals surface area contributed by atoms with Crippen molar-refractivity contribution in [1.82, 2.24) is 9.21 Å². The second-order valence-corrected chi connectivity index (χ2v) is 9.36. The van der Waals surface area contributed by atoms with Crippen molar-refractivity contribution in [1.29, 1.82) is 0 Å². The molecule has 2 aromatic carbocycles. The van der Waals surface area contributed by atoms with Crippen molar-refractivity contribution in [2.24, 2.45) is 0 Å². The number of nitrogens with zero attached hydrogens (tertiary/aromatic N) is 3. The van der Waals surface area contributed by atoms with E-state index in [1.165, 1.54) is 9.87 Å².